The highest BCUT2D eigenvalue weighted by molar-refractivity contribution is 7.92. The predicted molar refractivity (Wildman–Crippen MR) is 108 cm³/mol. The summed E-state index contributed by atoms with van der Waals surface area (Å²) in [5, 5.41) is 0. The first kappa shape index (κ1) is 19.6. The van der Waals surface area contributed by atoms with Crippen LogP contribution in [0.3, 0.4) is 0 Å². The van der Waals surface area contributed by atoms with Crippen molar-refractivity contribution in [3.05, 3.63) is 89.7 Å². The van der Waals surface area contributed by atoms with Crippen molar-refractivity contribution in [2.75, 3.05) is 11.8 Å². The monoisotopic (exact) mass is 395 g/mol. The first-order chi connectivity index (χ1) is 13.4. The number of rotatable bonds is 6. The summed E-state index contributed by atoms with van der Waals surface area (Å²) in [5.74, 6) is -0.187. The zero-order valence-electron chi connectivity index (χ0n) is 15.7. The van der Waals surface area contributed by atoms with Crippen molar-refractivity contribution in [1.29, 1.82) is 0 Å². The maximum Gasteiger partial charge on any atom is 0.261 e. The SMILES string of the molecule is Cc1ccccc1NS(=O)(=O)c1ccc(C(=O)N(C)Cc2ccncc2)cc1. The van der Waals surface area contributed by atoms with Crippen LogP contribution >= 0.6 is 0 Å². The van der Waals surface area contributed by atoms with Crippen LogP contribution in [0, 0.1) is 6.92 Å². The summed E-state index contributed by atoms with van der Waals surface area (Å²) in [5.41, 5.74) is 2.74. The highest BCUT2D eigenvalue weighted by Gasteiger charge is 2.17. The van der Waals surface area contributed by atoms with Gasteiger partial charge in [-0.05, 0) is 60.5 Å². The number of hydrogen-bond donors (Lipinski definition) is 1. The molecule has 1 heterocycles. The van der Waals surface area contributed by atoms with Crippen LogP contribution in [0.25, 0.3) is 0 Å². The number of pyridine rings is 1. The van der Waals surface area contributed by atoms with Crippen molar-refractivity contribution in [2.24, 2.45) is 0 Å². The number of aromatic nitrogens is 1. The highest BCUT2D eigenvalue weighted by atomic mass is 32.2. The number of sulfonamides is 1. The number of benzene rings is 2. The fourth-order valence-electron chi connectivity index (χ4n) is 2.72. The molecular weight excluding hydrogens is 374 g/mol. The molecule has 7 heteroatoms. The van der Waals surface area contributed by atoms with Crippen molar-refractivity contribution in [3.63, 3.8) is 0 Å². The lowest BCUT2D eigenvalue weighted by atomic mass is 10.2. The summed E-state index contributed by atoms with van der Waals surface area (Å²) >= 11 is 0. The number of anilines is 1. The first-order valence-corrected chi connectivity index (χ1v) is 10.2. The minimum atomic E-state index is -3.73. The Morgan fingerprint density at radius 1 is 1.00 bits per heavy atom. The molecule has 1 aromatic heterocycles. The zero-order valence-corrected chi connectivity index (χ0v) is 16.5. The Morgan fingerprint density at radius 3 is 2.29 bits per heavy atom. The second kappa shape index (κ2) is 8.22. The van der Waals surface area contributed by atoms with Gasteiger partial charge in [0.2, 0.25) is 0 Å². The minimum absolute atomic E-state index is 0.101. The molecule has 0 bridgehead atoms. The number of nitrogens with one attached hydrogen (secondary N) is 1. The summed E-state index contributed by atoms with van der Waals surface area (Å²) in [4.78, 5) is 18.2. The lowest BCUT2D eigenvalue weighted by Gasteiger charge is -2.17. The van der Waals surface area contributed by atoms with Gasteiger partial charge in [0.1, 0.15) is 0 Å². The molecule has 1 N–H and O–H groups in total. The van der Waals surface area contributed by atoms with Crippen LogP contribution in [0.4, 0.5) is 5.69 Å². The molecule has 1 amide bonds. The van der Waals surface area contributed by atoms with Crippen molar-refractivity contribution < 1.29 is 13.2 Å². The van der Waals surface area contributed by atoms with E-state index in [1.165, 1.54) is 24.3 Å². The molecule has 0 saturated heterocycles. The van der Waals surface area contributed by atoms with Crippen LogP contribution in [-0.2, 0) is 16.6 Å². The summed E-state index contributed by atoms with van der Waals surface area (Å²) in [7, 11) is -2.03. The second-order valence-electron chi connectivity index (χ2n) is 6.46. The smallest absolute Gasteiger partial charge is 0.261 e. The third-order valence-corrected chi connectivity index (χ3v) is 5.70. The summed E-state index contributed by atoms with van der Waals surface area (Å²) in [6.45, 7) is 2.27. The van der Waals surface area contributed by atoms with Gasteiger partial charge in [-0.25, -0.2) is 8.42 Å². The topological polar surface area (TPSA) is 79.4 Å². The van der Waals surface area contributed by atoms with Crippen LogP contribution < -0.4 is 4.72 Å². The fourth-order valence-corrected chi connectivity index (χ4v) is 3.85. The van der Waals surface area contributed by atoms with Gasteiger partial charge >= 0.3 is 0 Å². The first-order valence-electron chi connectivity index (χ1n) is 8.70. The average Bonchev–Trinajstić information content (AvgIpc) is 2.70. The molecule has 0 aliphatic rings. The van der Waals surface area contributed by atoms with E-state index >= 15 is 0 Å². The molecule has 2 aromatic carbocycles. The molecule has 0 radical (unpaired) electrons. The largest absolute Gasteiger partial charge is 0.337 e. The van der Waals surface area contributed by atoms with Crippen molar-refractivity contribution in [3.8, 4) is 0 Å². The molecule has 3 rings (SSSR count). The van der Waals surface area contributed by atoms with E-state index in [1.54, 1.807) is 36.5 Å². The van der Waals surface area contributed by atoms with E-state index in [9.17, 15) is 13.2 Å². The van der Waals surface area contributed by atoms with E-state index in [4.69, 9.17) is 0 Å². The average molecular weight is 395 g/mol. The zero-order chi connectivity index (χ0) is 20.1. The molecule has 0 unspecified atom stereocenters. The Morgan fingerprint density at radius 2 is 1.64 bits per heavy atom. The number of para-hydroxylation sites is 1. The summed E-state index contributed by atoms with van der Waals surface area (Å²) < 4.78 is 27.8. The summed E-state index contributed by atoms with van der Waals surface area (Å²) in [6.07, 6.45) is 3.35. The van der Waals surface area contributed by atoms with Gasteiger partial charge in [-0.3, -0.25) is 14.5 Å². The van der Waals surface area contributed by atoms with Gasteiger partial charge in [-0.1, -0.05) is 18.2 Å². The van der Waals surface area contributed by atoms with Gasteiger partial charge in [0.05, 0.1) is 10.6 Å². The molecule has 144 valence electrons. The Kier molecular flexibility index (Phi) is 5.75. The normalized spacial score (nSPS) is 11.1. The molecule has 0 saturated carbocycles. The Labute approximate surface area is 164 Å². The Hall–Kier alpha value is -3.19. The third-order valence-electron chi connectivity index (χ3n) is 4.32. The molecule has 0 aliphatic carbocycles. The van der Waals surface area contributed by atoms with E-state index in [0.717, 1.165) is 11.1 Å². The van der Waals surface area contributed by atoms with E-state index in [-0.39, 0.29) is 10.8 Å². The molecule has 6 nitrogen and oxygen atoms in total. The van der Waals surface area contributed by atoms with Crippen LogP contribution in [-0.4, -0.2) is 31.3 Å². The van der Waals surface area contributed by atoms with Crippen molar-refractivity contribution >= 4 is 21.6 Å². The van der Waals surface area contributed by atoms with Gasteiger partial charge in [-0.2, -0.15) is 0 Å². The number of carbonyl (C=O) groups is 1. The number of hydrogen-bond acceptors (Lipinski definition) is 4. The standard InChI is InChI=1S/C21H21N3O3S/c1-16-5-3-4-6-20(16)23-28(26,27)19-9-7-18(8-10-19)21(25)24(2)15-17-11-13-22-14-12-17/h3-14,23H,15H2,1-2H3. The van der Waals surface area contributed by atoms with Gasteiger partial charge in [0.25, 0.3) is 15.9 Å². The Balaban J connectivity index is 1.73. The molecule has 28 heavy (non-hydrogen) atoms. The maximum absolute atomic E-state index is 12.6. The lowest BCUT2D eigenvalue weighted by Crippen LogP contribution is -2.26. The molecule has 0 aliphatic heterocycles. The molecule has 0 atom stereocenters. The molecule has 0 spiro atoms. The van der Waals surface area contributed by atoms with Gasteiger partial charge in [0, 0.05) is 31.5 Å². The maximum atomic E-state index is 12.6. The number of carbonyl (C=O) groups excluding carboxylic acids is 1. The van der Waals surface area contributed by atoms with Gasteiger partial charge in [-0.15, -0.1) is 0 Å². The highest BCUT2D eigenvalue weighted by Crippen LogP contribution is 2.20. The van der Waals surface area contributed by atoms with Crippen LogP contribution in [0.2, 0.25) is 0 Å². The van der Waals surface area contributed by atoms with Crippen LogP contribution in [0.15, 0.2) is 78.0 Å². The van der Waals surface area contributed by atoms with Gasteiger partial charge < -0.3 is 4.90 Å². The van der Waals surface area contributed by atoms with E-state index in [2.05, 4.69) is 9.71 Å². The van der Waals surface area contributed by atoms with E-state index in [0.29, 0.717) is 17.8 Å². The minimum Gasteiger partial charge on any atom is -0.337 e. The predicted octanol–water partition coefficient (Wildman–Crippen LogP) is 3.46. The van der Waals surface area contributed by atoms with E-state index < -0.39 is 10.0 Å². The fraction of sp³-hybridized carbons (Fsp3) is 0.143. The molecular formula is C21H21N3O3S. The van der Waals surface area contributed by atoms with E-state index in [1.807, 2.05) is 31.2 Å². The van der Waals surface area contributed by atoms with Gasteiger partial charge in [0.15, 0.2) is 0 Å². The van der Waals surface area contributed by atoms with Crippen molar-refractivity contribution in [2.45, 2.75) is 18.4 Å². The molecule has 0 fully saturated rings. The quantitative estimate of drug-likeness (QED) is 0.693. The lowest BCUT2D eigenvalue weighted by molar-refractivity contribution is 0.0785. The van der Waals surface area contributed by atoms with Crippen molar-refractivity contribution in [1.82, 2.24) is 9.88 Å². The number of amides is 1. The Bertz CT molecular complexity index is 1070. The number of nitrogens with zero attached hydrogens (tertiary/aromatic N) is 2. The van der Waals surface area contributed by atoms with Crippen LogP contribution in [0.1, 0.15) is 21.5 Å². The molecule has 3 aromatic rings. The second-order valence-corrected chi connectivity index (χ2v) is 8.14. The third kappa shape index (κ3) is 4.55. The number of aryl methyl sites for hydroxylation is 1. The summed E-state index contributed by atoms with van der Waals surface area (Å²) in [6, 6.07) is 16.8. The van der Waals surface area contributed by atoms with Crippen LogP contribution in [0.5, 0.6) is 0 Å².